The Morgan fingerprint density at radius 3 is 2.44 bits per heavy atom. The molecule has 2 heterocycles. The number of rotatable bonds is 3. The van der Waals surface area contributed by atoms with Crippen molar-refractivity contribution in [2.24, 2.45) is 0 Å². The molecular weight excluding hydrogens is 208 g/mol. The van der Waals surface area contributed by atoms with Gasteiger partial charge in [-0.05, 0) is 12.8 Å². The van der Waals surface area contributed by atoms with Gasteiger partial charge in [0, 0.05) is 5.92 Å². The zero-order chi connectivity index (χ0) is 11.7. The smallest absolute Gasteiger partial charge is 0.327 e. The number of nitrogens with one attached hydrogen (secondary N) is 3. The Hall–Kier alpha value is -1.85. The Morgan fingerprint density at radius 1 is 1.12 bits per heavy atom. The van der Waals surface area contributed by atoms with Crippen LogP contribution in [0.5, 0.6) is 0 Å². The molecule has 0 bridgehead atoms. The third-order valence-electron chi connectivity index (χ3n) is 2.78. The van der Waals surface area contributed by atoms with Crippen LogP contribution in [0.25, 0.3) is 11.2 Å². The van der Waals surface area contributed by atoms with Crippen LogP contribution >= 0.6 is 0 Å². The van der Waals surface area contributed by atoms with Gasteiger partial charge in [0.15, 0.2) is 5.65 Å². The van der Waals surface area contributed by atoms with Crippen molar-refractivity contribution >= 4 is 11.2 Å². The van der Waals surface area contributed by atoms with E-state index in [4.69, 9.17) is 0 Å². The molecule has 0 radical (unpaired) electrons. The number of aromatic nitrogens is 4. The summed E-state index contributed by atoms with van der Waals surface area (Å²) in [5.41, 5.74) is -0.291. The lowest BCUT2D eigenvalue weighted by atomic mass is 10.0. The standard InChI is InChI=1S/C10H14N4O2/c1-3-5(4-2)7-11-6-8(12-7)13-10(16)14-9(6)15/h5H,3-4H2,1-2H3,(H3,11,12,13,14,15,16). The van der Waals surface area contributed by atoms with Crippen LogP contribution in [-0.2, 0) is 0 Å². The van der Waals surface area contributed by atoms with Gasteiger partial charge in [-0.1, -0.05) is 13.8 Å². The number of nitrogens with zero attached hydrogens (tertiary/aromatic N) is 1. The first-order valence-electron chi connectivity index (χ1n) is 5.37. The van der Waals surface area contributed by atoms with Crippen LogP contribution in [0, 0.1) is 0 Å². The Bertz CT molecular complexity index is 603. The number of aromatic amines is 3. The lowest BCUT2D eigenvalue weighted by Gasteiger charge is -2.06. The largest absolute Gasteiger partial charge is 0.336 e. The van der Waals surface area contributed by atoms with Gasteiger partial charge in [-0.2, -0.15) is 0 Å². The molecule has 0 aliphatic carbocycles. The average Bonchev–Trinajstić information content (AvgIpc) is 2.63. The summed E-state index contributed by atoms with van der Waals surface area (Å²) >= 11 is 0. The van der Waals surface area contributed by atoms with Crippen LogP contribution in [0.2, 0.25) is 0 Å². The second kappa shape index (κ2) is 3.96. The van der Waals surface area contributed by atoms with Gasteiger partial charge in [0.1, 0.15) is 11.3 Å². The highest BCUT2D eigenvalue weighted by Gasteiger charge is 2.13. The van der Waals surface area contributed by atoms with E-state index in [0.29, 0.717) is 11.2 Å². The maximum absolute atomic E-state index is 11.5. The highest BCUT2D eigenvalue weighted by molar-refractivity contribution is 5.68. The van der Waals surface area contributed by atoms with Gasteiger partial charge in [-0.15, -0.1) is 0 Å². The van der Waals surface area contributed by atoms with Crippen molar-refractivity contribution < 1.29 is 0 Å². The first kappa shape index (κ1) is 10.7. The summed E-state index contributed by atoms with van der Waals surface area (Å²) in [6, 6.07) is 0. The van der Waals surface area contributed by atoms with E-state index in [2.05, 4.69) is 33.8 Å². The molecule has 0 unspecified atom stereocenters. The van der Waals surface area contributed by atoms with Gasteiger partial charge in [0.2, 0.25) is 0 Å². The highest BCUT2D eigenvalue weighted by atomic mass is 16.2. The molecular formula is C10H14N4O2. The molecule has 0 amide bonds. The predicted molar refractivity (Wildman–Crippen MR) is 60.7 cm³/mol. The van der Waals surface area contributed by atoms with Crippen molar-refractivity contribution in [3.8, 4) is 0 Å². The van der Waals surface area contributed by atoms with Crippen molar-refractivity contribution in [1.29, 1.82) is 0 Å². The average molecular weight is 222 g/mol. The van der Waals surface area contributed by atoms with E-state index in [1.807, 2.05) is 0 Å². The fraction of sp³-hybridized carbons (Fsp3) is 0.500. The highest BCUT2D eigenvalue weighted by Crippen LogP contribution is 2.20. The molecule has 0 aliphatic rings. The third-order valence-corrected chi connectivity index (χ3v) is 2.78. The van der Waals surface area contributed by atoms with E-state index in [1.54, 1.807) is 0 Å². The minimum Gasteiger partial charge on any atom is -0.336 e. The summed E-state index contributed by atoms with van der Waals surface area (Å²) in [6.07, 6.45) is 1.89. The molecule has 0 aliphatic heterocycles. The molecule has 2 rings (SSSR count). The fourth-order valence-corrected chi connectivity index (χ4v) is 1.82. The summed E-state index contributed by atoms with van der Waals surface area (Å²) in [5, 5.41) is 0. The molecule has 86 valence electrons. The lowest BCUT2D eigenvalue weighted by Crippen LogP contribution is -2.21. The number of H-pyrrole nitrogens is 3. The van der Waals surface area contributed by atoms with E-state index < -0.39 is 11.2 Å². The third kappa shape index (κ3) is 1.66. The van der Waals surface area contributed by atoms with Crippen LogP contribution in [0.1, 0.15) is 38.4 Å². The van der Waals surface area contributed by atoms with Gasteiger partial charge < -0.3 is 4.98 Å². The van der Waals surface area contributed by atoms with Crippen LogP contribution in [0.15, 0.2) is 9.59 Å². The monoisotopic (exact) mass is 222 g/mol. The van der Waals surface area contributed by atoms with Crippen molar-refractivity contribution in [1.82, 2.24) is 19.9 Å². The minimum atomic E-state index is -0.528. The second-order valence-electron chi connectivity index (χ2n) is 3.77. The van der Waals surface area contributed by atoms with Gasteiger partial charge in [0.25, 0.3) is 5.56 Å². The quantitative estimate of drug-likeness (QED) is 0.718. The van der Waals surface area contributed by atoms with E-state index >= 15 is 0 Å². The van der Waals surface area contributed by atoms with Gasteiger partial charge in [-0.25, -0.2) is 9.78 Å². The SMILES string of the molecule is CCC(CC)c1nc2[nH]c(=O)[nH]c(=O)c2[nH]1. The van der Waals surface area contributed by atoms with E-state index in [-0.39, 0.29) is 5.92 Å². The maximum atomic E-state index is 11.5. The zero-order valence-corrected chi connectivity index (χ0v) is 9.26. The molecule has 0 atom stereocenters. The minimum absolute atomic E-state index is 0.287. The lowest BCUT2D eigenvalue weighted by molar-refractivity contribution is 0.610. The van der Waals surface area contributed by atoms with Crippen LogP contribution in [0.4, 0.5) is 0 Å². The number of fused-ring (bicyclic) bond motifs is 1. The molecule has 6 nitrogen and oxygen atoms in total. The van der Waals surface area contributed by atoms with Crippen molar-refractivity contribution in [3.05, 3.63) is 26.7 Å². The predicted octanol–water partition coefficient (Wildman–Crippen LogP) is 0.843. The Balaban J connectivity index is 2.64. The molecule has 0 saturated heterocycles. The van der Waals surface area contributed by atoms with Gasteiger partial charge >= 0.3 is 5.69 Å². The molecule has 0 spiro atoms. The van der Waals surface area contributed by atoms with Crippen LogP contribution in [-0.4, -0.2) is 19.9 Å². The second-order valence-corrected chi connectivity index (χ2v) is 3.77. The Labute approximate surface area is 91.1 Å². The first-order valence-corrected chi connectivity index (χ1v) is 5.37. The molecule has 6 heteroatoms. The Morgan fingerprint density at radius 2 is 1.81 bits per heavy atom. The fourth-order valence-electron chi connectivity index (χ4n) is 1.82. The number of hydrogen-bond acceptors (Lipinski definition) is 3. The van der Waals surface area contributed by atoms with Crippen LogP contribution < -0.4 is 11.2 Å². The van der Waals surface area contributed by atoms with Crippen molar-refractivity contribution in [3.63, 3.8) is 0 Å². The van der Waals surface area contributed by atoms with Gasteiger partial charge in [-0.3, -0.25) is 14.8 Å². The number of imidazole rings is 1. The van der Waals surface area contributed by atoms with E-state index in [1.165, 1.54) is 0 Å². The summed E-state index contributed by atoms with van der Waals surface area (Å²) in [4.78, 5) is 34.4. The molecule has 16 heavy (non-hydrogen) atoms. The summed E-state index contributed by atoms with van der Waals surface area (Å²) in [7, 11) is 0. The maximum Gasteiger partial charge on any atom is 0.327 e. The summed E-state index contributed by atoms with van der Waals surface area (Å²) in [6.45, 7) is 4.13. The van der Waals surface area contributed by atoms with Gasteiger partial charge in [0.05, 0.1) is 0 Å². The molecule has 0 saturated carbocycles. The molecule has 0 aromatic carbocycles. The first-order chi connectivity index (χ1) is 7.65. The van der Waals surface area contributed by atoms with E-state index in [0.717, 1.165) is 18.7 Å². The van der Waals surface area contributed by atoms with Crippen molar-refractivity contribution in [2.45, 2.75) is 32.6 Å². The summed E-state index contributed by atoms with van der Waals surface area (Å²) in [5.74, 6) is 1.04. The van der Waals surface area contributed by atoms with Crippen molar-refractivity contribution in [2.75, 3.05) is 0 Å². The molecule has 3 N–H and O–H groups in total. The molecule has 2 aromatic heterocycles. The number of hydrogen-bond donors (Lipinski definition) is 3. The van der Waals surface area contributed by atoms with Crippen LogP contribution in [0.3, 0.4) is 0 Å². The van der Waals surface area contributed by atoms with E-state index in [9.17, 15) is 9.59 Å². The molecule has 0 fully saturated rings. The topological polar surface area (TPSA) is 94.4 Å². The molecule has 2 aromatic rings. The Kier molecular flexibility index (Phi) is 2.64. The summed E-state index contributed by atoms with van der Waals surface area (Å²) < 4.78 is 0. The normalized spacial score (nSPS) is 11.4. The zero-order valence-electron chi connectivity index (χ0n) is 9.26.